The van der Waals surface area contributed by atoms with E-state index in [9.17, 15) is 13.2 Å². The first-order valence-electron chi connectivity index (χ1n) is 8.12. The Labute approximate surface area is 141 Å². The van der Waals surface area contributed by atoms with Crippen LogP contribution in [-0.2, 0) is 12.7 Å². The Morgan fingerprint density at radius 2 is 1.96 bits per heavy atom. The number of hydrogen-bond acceptors (Lipinski definition) is 4. The second-order valence-corrected chi connectivity index (χ2v) is 6.25. The minimum absolute atomic E-state index is 0.00934. The van der Waals surface area contributed by atoms with Crippen LogP contribution in [0, 0.1) is 0 Å². The Morgan fingerprint density at radius 1 is 1.16 bits per heavy atom. The number of halogens is 3. The fourth-order valence-corrected chi connectivity index (χ4v) is 3.22. The van der Waals surface area contributed by atoms with Crippen molar-refractivity contribution in [3.63, 3.8) is 0 Å². The highest BCUT2D eigenvalue weighted by atomic mass is 19.4. The molecule has 3 aromatic heterocycles. The molecule has 1 fully saturated rings. The number of hydrogen-bond donors (Lipinski definition) is 0. The van der Waals surface area contributed by atoms with Gasteiger partial charge in [-0.25, -0.2) is 9.97 Å². The molecule has 132 valence electrons. The predicted molar refractivity (Wildman–Crippen MR) is 83.8 cm³/mol. The first-order chi connectivity index (χ1) is 12.0. The molecule has 9 heteroatoms. The van der Waals surface area contributed by atoms with Crippen LogP contribution in [0.5, 0.6) is 0 Å². The van der Waals surface area contributed by atoms with Gasteiger partial charge in [-0.15, -0.1) is 0 Å². The van der Waals surface area contributed by atoms with E-state index >= 15 is 0 Å². The summed E-state index contributed by atoms with van der Waals surface area (Å²) in [7, 11) is 0. The van der Waals surface area contributed by atoms with Crippen LogP contribution in [-0.4, -0.2) is 42.1 Å². The van der Waals surface area contributed by atoms with Crippen molar-refractivity contribution < 1.29 is 13.2 Å². The van der Waals surface area contributed by atoms with E-state index in [1.54, 1.807) is 6.20 Å². The summed E-state index contributed by atoms with van der Waals surface area (Å²) in [6.45, 7) is 2.31. The first-order valence-corrected chi connectivity index (χ1v) is 8.12. The van der Waals surface area contributed by atoms with Crippen LogP contribution in [0.2, 0.25) is 0 Å². The van der Waals surface area contributed by atoms with Crippen LogP contribution in [0.1, 0.15) is 30.3 Å². The number of likely N-dealkylation sites (tertiary alicyclic amines) is 1. The minimum atomic E-state index is -4.39. The number of alkyl halides is 3. The summed E-state index contributed by atoms with van der Waals surface area (Å²) in [5.41, 5.74) is 0.114. The molecule has 1 aliphatic heterocycles. The van der Waals surface area contributed by atoms with Crippen LogP contribution in [0.15, 0.2) is 36.9 Å². The zero-order chi connectivity index (χ0) is 17.4. The average molecular weight is 350 g/mol. The Balaban J connectivity index is 1.37. The maximum atomic E-state index is 12.7. The molecule has 3 aromatic rings. The molecule has 0 amide bonds. The van der Waals surface area contributed by atoms with Gasteiger partial charge in [0, 0.05) is 44.4 Å². The van der Waals surface area contributed by atoms with E-state index in [1.165, 1.54) is 10.9 Å². The SMILES string of the molecule is FC(F)(F)c1ccn(C2CCN(Cc3cn4cccnc4n3)CC2)n1. The highest BCUT2D eigenvalue weighted by molar-refractivity contribution is 5.29. The molecule has 0 unspecified atom stereocenters. The van der Waals surface area contributed by atoms with Crippen molar-refractivity contribution in [2.75, 3.05) is 13.1 Å². The van der Waals surface area contributed by atoms with E-state index in [1.807, 2.05) is 22.9 Å². The van der Waals surface area contributed by atoms with E-state index in [0.717, 1.165) is 37.7 Å². The maximum absolute atomic E-state index is 12.7. The molecular formula is C16H17F3N6. The molecule has 25 heavy (non-hydrogen) atoms. The van der Waals surface area contributed by atoms with Gasteiger partial charge in [0.1, 0.15) is 0 Å². The maximum Gasteiger partial charge on any atom is 0.435 e. The van der Waals surface area contributed by atoms with Gasteiger partial charge in [-0.05, 0) is 25.0 Å². The standard InChI is InChI=1S/C16H17F3N6/c17-16(18,19)14-4-9-25(22-14)13-2-7-23(8-3-13)10-12-11-24-6-1-5-20-15(24)21-12/h1,4-6,9,11,13H,2-3,7-8,10H2. The summed E-state index contributed by atoms with van der Waals surface area (Å²) in [5.74, 6) is 0.670. The van der Waals surface area contributed by atoms with E-state index in [4.69, 9.17) is 0 Å². The van der Waals surface area contributed by atoms with Crippen LogP contribution in [0.3, 0.4) is 0 Å². The van der Waals surface area contributed by atoms with Gasteiger partial charge in [0.15, 0.2) is 5.69 Å². The Hall–Kier alpha value is -2.42. The van der Waals surface area contributed by atoms with Gasteiger partial charge in [0.2, 0.25) is 5.78 Å². The second-order valence-electron chi connectivity index (χ2n) is 6.25. The lowest BCUT2D eigenvalue weighted by Crippen LogP contribution is -2.34. The molecule has 0 atom stereocenters. The summed E-state index contributed by atoms with van der Waals surface area (Å²) in [5, 5.41) is 3.69. The summed E-state index contributed by atoms with van der Waals surface area (Å²) >= 11 is 0. The highest BCUT2D eigenvalue weighted by Crippen LogP contribution is 2.29. The molecule has 0 aliphatic carbocycles. The minimum Gasteiger partial charge on any atom is -0.297 e. The quantitative estimate of drug-likeness (QED) is 0.729. The molecule has 0 radical (unpaired) electrons. The molecule has 0 spiro atoms. The van der Waals surface area contributed by atoms with Gasteiger partial charge in [-0.1, -0.05) is 0 Å². The van der Waals surface area contributed by atoms with Crippen molar-refractivity contribution in [2.24, 2.45) is 0 Å². The number of piperidine rings is 1. The third kappa shape index (κ3) is 3.37. The third-order valence-corrected chi connectivity index (χ3v) is 4.50. The van der Waals surface area contributed by atoms with Crippen molar-refractivity contribution in [2.45, 2.75) is 31.6 Å². The predicted octanol–water partition coefficient (Wildman–Crippen LogP) is 2.78. The monoisotopic (exact) mass is 350 g/mol. The van der Waals surface area contributed by atoms with Gasteiger partial charge in [0.25, 0.3) is 0 Å². The number of nitrogens with zero attached hydrogens (tertiary/aromatic N) is 6. The summed E-state index contributed by atoms with van der Waals surface area (Å²) in [4.78, 5) is 10.9. The molecule has 0 saturated carbocycles. The lowest BCUT2D eigenvalue weighted by molar-refractivity contribution is -0.141. The normalized spacial score (nSPS) is 17.4. The van der Waals surface area contributed by atoms with Gasteiger partial charge >= 0.3 is 6.18 Å². The largest absolute Gasteiger partial charge is 0.435 e. The van der Waals surface area contributed by atoms with Crippen molar-refractivity contribution in [3.05, 3.63) is 48.3 Å². The smallest absolute Gasteiger partial charge is 0.297 e. The Bertz CT molecular complexity index is 827. The van der Waals surface area contributed by atoms with Crippen molar-refractivity contribution in [3.8, 4) is 0 Å². The van der Waals surface area contributed by atoms with Crippen molar-refractivity contribution >= 4 is 5.78 Å². The molecule has 0 N–H and O–H groups in total. The van der Waals surface area contributed by atoms with Gasteiger partial charge in [-0.2, -0.15) is 18.3 Å². The summed E-state index contributed by atoms with van der Waals surface area (Å²) in [6.07, 6.45) is 4.14. The van der Waals surface area contributed by atoms with E-state index in [2.05, 4.69) is 20.0 Å². The second kappa shape index (κ2) is 6.14. The van der Waals surface area contributed by atoms with Gasteiger partial charge in [-0.3, -0.25) is 14.0 Å². The number of fused-ring (bicyclic) bond motifs is 1. The molecule has 0 aromatic carbocycles. The van der Waals surface area contributed by atoms with Crippen LogP contribution >= 0.6 is 0 Å². The van der Waals surface area contributed by atoms with E-state index < -0.39 is 11.9 Å². The zero-order valence-electron chi connectivity index (χ0n) is 13.4. The number of aromatic nitrogens is 5. The molecule has 4 rings (SSSR count). The van der Waals surface area contributed by atoms with Crippen LogP contribution < -0.4 is 0 Å². The lowest BCUT2D eigenvalue weighted by Gasteiger charge is -2.31. The molecule has 1 aliphatic rings. The summed E-state index contributed by atoms with van der Waals surface area (Å²) < 4.78 is 41.3. The molecule has 0 bridgehead atoms. The van der Waals surface area contributed by atoms with Crippen molar-refractivity contribution in [1.29, 1.82) is 0 Å². The Kier molecular flexibility index (Phi) is 3.95. The molecule has 4 heterocycles. The van der Waals surface area contributed by atoms with Crippen molar-refractivity contribution in [1.82, 2.24) is 29.0 Å². The van der Waals surface area contributed by atoms with E-state index in [-0.39, 0.29) is 6.04 Å². The number of rotatable bonds is 3. The van der Waals surface area contributed by atoms with Gasteiger partial charge in [0.05, 0.1) is 11.7 Å². The third-order valence-electron chi connectivity index (χ3n) is 4.50. The average Bonchev–Trinajstić information content (AvgIpc) is 3.21. The fourth-order valence-electron chi connectivity index (χ4n) is 3.22. The lowest BCUT2D eigenvalue weighted by atomic mass is 10.1. The molecule has 1 saturated heterocycles. The molecular weight excluding hydrogens is 333 g/mol. The highest BCUT2D eigenvalue weighted by Gasteiger charge is 2.34. The Morgan fingerprint density at radius 3 is 2.64 bits per heavy atom. The number of imidazole rings is 1. The summed E-state index contributed by atoms with van der Waals surface area (Å²) in [6, 6.07) is 2.90. The van der Waals surface area contributed by atoms with Crippen LogP contribution in [0.25, 0.3) is 5.78 Å². The van der Waals surface area contributed by atoms with Gasteiger partial charge < -0.3 is 0 Å². The molecule has 6 nitrogen and oxygen atoms in total. The topological polar surface area (TPSA) is 51.2 Å². The fraction of sp³-hybridized carbons (Fsp3) is 0.438. The van der Waals surface area contributed by atoms with Crippen LogP contribution in [0.4, 0.5) is 13.2 Å². The first kappa shape index (κ1) is 16.1. The zero-order valence-corrected chi connectivity index (χ0v) is 13.4. The van der Waals surface area contributed by atoms with E-state index in [0.29, 0.717) is 12.3 Å².